The van der Waals surface area contributed by atoms with Crippen LogP contribution in [-0.4, -0.2) is 8.42 Å². The van der Waals surface area contributed by atoms with E-state index in [-0.39, 0.29) is 4.70 Å². The highest BCUT2D eigenvalue weighted by Crippen LogP contribution is 1.15. The highest BCUT2D eigenvalue weighted by atomic mass is 32.2. The fourth-order valence-corrected chi connectivity index (χ4v) is 0. The largest absolute Gasteiger partial charge is 0.308 e. The summed E-state index contributed by atoms with van der Waals surface area (Å²) in [6, 6.07) is 0. The van der Waals surface area contributed by atoms with E-state index >= 15 is 0 Å². The van der Waals surface area contributed by atoms with Gasteiger partial charge >= 0.3 is 10.5 Å². The summed E-state index contributed by atoms with van der Waals surface area (Å²) in [6.07, 6.45) is 0. The lowest BCUT2D eigenvalue weighted by atomic mass is 14.0. The van der Waals surface area contributed by atoms with Crippen molar-refractivity contribution in [2.45, 2.75) is 0 Å². The molecule has 0 aliphatic heterocycles. The number of nitrogens with one attached hydrogen (secondary N) is 1. The molecule has 0 rings (SSSR count). The molecule has 0 atom stereocenters. The fraction of sp³-hybridized carbons (Fsp3) is 0. The highest BCUT2D eigenvalue weighted by Gasteiger charge is 1.32. The van der Waals surface area contributed by atoms with Crippen molar-refractivity contribution in [2.24, 2.45) is 0 Å². The van der Waals surface area contributed by atoms with Crippen LogP contribution in [-0.2, 0) is 10.5 Å². The van der Waals surface area contributed by atoms with Crippen LogP contribution in [0.5, 0.6) is 0 Å². The molecule has 0 unspecified atom stereocenters. The van der Waals surface area contributed by atoms with Gasteiger partial charge in [-0.15, -0.1) is 0 Å². The monoisotopic (exact) mass is 99.0 g/mol. The molecule has 0 aliphatic carbocycles. The Morgan fingerprint density at radius 3 is 1.40 bits per heavy atom. The maximum absolute atomic E-state index is 8.67. The number of hydrogen-bond donors (Lipinski definition) is 1. The summed E-state index contributed by atoms with van der Waals surface area (Å²) in [5, 5.41) is 0. The van der Waals surface area contributed by atoms with Crippen molar-refractivity contribution in [3.05, 3.63) is 0 Å². The van der Waals surface area contributed by atoms with Crippen LogP contribution in [0.2, 0.25) is 0 Å². The van der Waals surface area contributed by atoms with Gasteiger partial charge in [0.15, 0.2) is 0 Å². The van der Waals surface area contributed by atoms with Gasteiger partial charge in [-0.2, -0.15) is 13.2 Å². The average Bonchev–Trinajstić information content (AvgIpc) is 0.811. The average molecular weight is 99.1 g/mol. The minimum Gasteiger partial charge on any atom is -0.269 e. The molecule has 32 valence electrons. The molecule has 0 saturated heterocycles. The van der Waals surface area contributed by atoms with Crippen LogP contribution < -0.4 is 0 Å². The van der Waals surface area contributed by atoms with Gasteiger partial charge in [-0.1, -0.05) is 0 Å². The van der Waals surface area contributed by atoms with Crippen LogP contribution in [0.25, 0.3) is 0 Å². The van der Waals surface area contributed by atoms with Crippen molar-refractivity contribution in [3.8, 4) is 0 Å². The third-order valence-corrected chi connectivity index (χ3v) is 0. The van der Waals surface area contributed by atoms with Gasteiger partial charge < -0.3 is 0 Å². The molecule has 3 nitrogen and oxygen atoms in total. The SMILES string of the molecule is F.N=S(=O)=O. The lowest BCUT2D eigenvalue weighted by Gasteiger charge is -1.18. The van der Waals surface area contributed by atoms with E-state index in [1.54, 1.807) is 0 Å². The molecule has 0 aromatic rings. The van der Waals surface area contributed by atoms with Gasteiger partial charge in [-0.25, -0.2) is 0 Å². The molecule has 0 amide bonds. The first kappa shape index (κ1) is 8.82. The van der Waals surface area contributed by atoms with Crippen LogP contribution in [0.3, 0.4) is 0 Å². The van der Waals surface area contributed by atoms with E-state index < -0.39 is 10.5 Å². The van der Waals surface area contributed by atoms with E-state index in [4.69, 9.17) is 13.2 Å². The van der Waals surface area contributed by atoms with Gasteiger partial charge in [0.1, 0.15) is 0 Å². The van der Waals surface area contributed by atoms with Gasteiger partial charge in [-0.05, 0) is 0 Å². The molecule has 5 heteroatoms. The summed E-state index contributed by atoms with van der Waals surface area (Å²) >= 11 is 0. The van der Waals surface area contributed by atoms with E-state index in [0.29, 0.717) is 0 Å². The lowest BCUT2D eigenvalue weighted by Crippen LogP contribution is -1.34. The molecule has 0 radical (unpaired) electrons. The van der Waals surface area contributed by atoms with Crippen LogP contribution in [0, 0.1) is 4.78 Å². The Kier molecular flexibility index (Phi) is 6.26. The minimum absolute atomic E-state index is 0. The van der Waals surface area contributed by atoms with Crippen molar-refractivity contribution < 1.29 is 13.1 Å². The van der Waals surface area contributed by atoms with Gasteiger partial charge in [0.25, 0.3) is 0 Å². The van der Waals surface area contributed by atoms with Crippen molar-refractivity contribution in [1.82, 2.24) is 0 Å². The second-order valence-corrected chi connectivity index (χ2v) is 0.704. The molecule has 0 fully saturated rings. The fourth-order valence-electron chi connectivity index (χ4n) is 0. The standard InChI is InChI=1S/FH.HNO2S/c;1-4(2)3/h1H;1H. The van der Waals surface area contributed by atoms with E-state index in [2.05, 4.69) is 0 Å². The second kappa shape index (κ2) is 3.55. The molecule has 0 heterocycles. The Morgan fingerprint density at radius 2 is 1.40 bits per heavy atom. The lowest BCUT2D eigenvalue weighted by molar-refractivity contribution is 0.620. The Bertz CT molecular complexity index is 79.0. The van der Waals surface area contributed by atoms with Crippen molar-refractivity contribution in [1.29, 1.82) is 4.78 Å². The predicted octanol–water partition coefficient (Wildman–Crippen LogP) is -0.220. The zero-order valence-electron chi connectivity index (χ0n) is 2.13. The van der Waals surface area contributed by atoms with Gasteiger partial charge in [0, 0.05) is 0 Å². The maximum Gasteiger partial charge on any atom is 0.308 e. The molecular formula is H2FNO2S. The first-order valence-electron chi connectivity index (χ1n) is 0.537. The molecule has 0 spiro atoms. The number of halogens is 1. The Balaban J connectivity index is 0. The Labute approximate surface area is 29.5 Å². The van der Waals surface area contributed by atoms with Crippen molar-refractivity contribution >= 4 is 10.5 Å². The van der Waals surface area contributed by atoms with Crippen LogP contribution >= 0.6 is 0 Å². The minimum atomic E-state index is -2.61. The zero-order valence-corrected chi connectivity index (χ0v) is 2.95. The smallest absolute Gasteiger partial charge is 0.269 e. The molecule has 0 aliphatic rings. The Morgan fingerprint density at radius 1 is 1.40 bits per heavy atom. The summed E-state index contributed by atoms with van der Waals surface area (Å²) in [4.78, 5) is 0. The van der Waals surface area contributed by atoms with Crippen LogP contribution in [0.15, 0.2) is 0 Å². The van der Waals surface area contributed by atoms with Crippen LogP contribution in [0.1, 0.15) is 0 Å². The van der Waals surface area contributed by atoms with Gasteiger partial charge in [0.2, 0.25) is 0 Å². The van der Waals surface area contributed by atoms with E-state index in [0.717, 1.165) is 0 Å². The quantitative estimate of drug-likeness (QED) is 0.456. The molecule has 5 heavy (non-hydrogen) atoms. The molecular weight excluding hydrogens is 97.1 g/mol. The van der Waals surface area contributed by atoms with Crippen LogP contribution in [0.4, 0.5) is 4.70 Å². The van der Waals surface area contributed by atoms with Crippen molar-refractivity contribution in [3.63, 3.8) is 0 Å². The molecule has 0 aromatic heterocycles. The highest BCUT2D eigenvalue weighted by molar-refractivity contribution is 7.60. The third-order valence-electron chi connectivity index (χ3n) is 0. The summed E-state index contributed by atoms with van der Waals surface area (Å²) in [7, 11) is -2.61. The number of hydrogen-bond acceptors (Lipinski definition) is 3. The molecule has 0 saturated carbocycles. The Hall–Kier alpha value is -0.450. The molecule has 1 N–H and O–H groups in total. The molecule has 0 aromatic carbocycles. The predicted molar refractivity (Wildman–Crippen MR) is 14.1 cm³/mol. The summed E-state index contributed by atoms with van der Waals surface area (Å²) in [5.74, 6) is 0. The van der Waals surface area contributed by atoms with Gasteiger partial charge in [-0.3, -0.25) is 4.70 Å². The van der Waals surface area contributed by atoms with Gasteiger partial charge in [0.05, 0.1) is 0 Å². The first-order valence-corrected chi connectivity index (χ1v) is 1.61. The second-order valence-electron chi connectivity index (χ2n) is 0.235. The topological polar surface area (TPSA) is 58.0 Å². The van der Waals surface area contributed by atoms with E-state index in [9.17, 15) is 0 Å². The maximum atomic E-state index is 8.67. The van der Waals surface area contributed by atoms with E-state index in [1.165, 1.54) is 0 Å². The first-order chi connectivity index (χ1) is 1.73. The summed E-state index contributed by atoms with van der Waals surface area (Å²) < 4.78 is 22.8. The van der Waals surface area contributed by atoms with Crippen molar-refractivity contribution in [2.75, 3.05) is 0 Å². The third kappa shape index (κ3) is 42.1. The summed E-state index contributed by atoms with van der Waals surface area (Å²) in [5.41, 5.74) is 0. The zero-order chi connectivity index (χ0) is 3.58. The number of rotatable bonds is 0. The summed E-state index contributed by atoms with van der Waals surface area (Å²) in [6.45, 7) is 0. The normalized spacial score (nSPS) is 4.80. The van der Waals surface area contributed by atoms with E-state index in [1.807, 2.05) is 0 Å². The molecule has 0 bridgehead atoms.